The summed E-state index contributed by atoms with van der Waals surface area (Å²) in [5.41, 5.74) is -1.59. The minimum atomic E-state index is -4.79. The Morgan fingerprint density at radius 1 is 1.06 bits per heavy atom. The van der Waals surface area contributed by atoms with Crippen molar-refractivity contribution in [1.82, 2.24) is 9.80 Å². The van der Waals surface area contributed by atoms with E-state index in [1.54, 1.807) is 0 Å². The largest absolute Gasteiger partial charge is 0.421 e. The van der Waals surface area contributed by atoms with E-state index in [2.05, 4.69) is 24.0 Å². The quantitative estimate of drug-likeness (QED) is 0.662. The van der Waals surface area contributed by atoms with Crippen molar-refractivity contribution >= 4 is 5.91 Å². The summed E-state index contributed by atoms with van der Waals surface area (Å²) in [6, 6.07) is 15.9. The molecule has 1 heterocycles. The van der Waals surface area contributed by atoms with Crippen molar-refractivity contribution in [2.75, 3.05) is 13.1 Å². The highest BCUT2D eigenvalue weighted by Crippen LogP contribution is 2.39. The number of likely N-dealkylation sites (tertiary alicyclic amines) is 1. The maximum atomic E-state index is 13.4. The third-order valence-electron chi connectivity index (χ3n) is 6.97. The lowest BCUT2D eigenvalue weighted by atomic mass is 9.90. The zero-order chi connectivity index (χ0) is 23.8. The second-order valence-corrected chi connectivity index (χ2v) is 9.64. The van der Waals surface area contributed by atoms with E-state index in [-0.39, 0.29) is 29.5 Å². The Balaban J connectivity index is 1.46. The number of halogens is 3. The average Bonchev–Trinajstić information content (AvgIpc) is 3.60. The smallest absolute Gasteiger partial charge is 0.376 e. The molecule has 1 amide bonds. The molecule has 2 aromatic carbocycles. The van der Waals surface area contributed by atoms with Crippen molar-refractivity contribution in [3.8, 4) is 0 Å². The Hall–Kier alpha value is -2.38. The summed E-state index contributed by atoms with van der Waals surface area (Å²) < 4.78 is 39.4. The summed E-state index contributed by atoms with van der Waals surface area (Å²) in [6.07, 6.45) is -1.99. The predicted octanol–water partition coefficient (Wildman–Crippen LogP) is 4.97. The zero-order valence-electron chi connectivity index (χ0n) is 19.1. The number of alkyl halides is 3. The number of nitrogens with zero attached hydrogens (tertiary/aromatic N) is 2. The van der Waals surface area contributed by atoms with Crippen LogP contribution >= 0.6 is 0 Å². The number of benzene rings is 2. The number of amides is 1. The van der Waals surface area contributed by atoms with Gasteiger partial charge < -0.3 is 10.0 Å². The Morgan fingerprint density at radius 3 is 2.24 bits per heavy atom. The molecule has 1 aliphatic heterocycles. The van der Waals surface area contributed by atoms with Crippen LogP contribution in [0.25, 0.3) is 0 Å². The number of carbonyl (C=O) groups is 1. The van der Waals surface area contributed by atoms with E-state index >= 15 is 0 Å². The van der Waals surface area contributed by atoms with Gasteiger partial charge >= 0.3 is 6.18 Å². The summed E-state index contributed by atoms with van der Waals surface area (Å²) >= 11 is 0. The van der Waals surface area contributed by atoms with Gasteiger partial charge in [0.1, 0.15) is 0 Å². The lowest BCUT2D eigenvalue weighted by molar-refractivity contribution is -0.258. The minimum Gasteiger partial charge on any atom is -0.376 e. The van der Waals surface area contributed by atoms with Gasteiger partial charge in [-0.3, -0.25) is 9.69 Å². The fraction of sp³-hybridized carbons (Fsp3) is 0.500. The highest BCUT2D eigenvalue weighted by atomic mass is 19.4. The van der Waals surface area contributed by atoms with Crippen LogP contribution < -0.4 is 0 Å². The Bertz CT molecular complexity index is 956. The van der Waals surface area contributed by atoms with Crippen molar-refractivity contribution in [3.05, 3.63) is 71.3 Å². The molecular formula is C26H31F3N2O2. The van der Waals surface area contributed by atoms with Crippen molar-refractivity contribution in [3.63, 3.8) is 0 Å². The van der Waals surface area contributed by atoms with Gasteiger partial charge in [-0.05, 0) is 55.4 Å². The molecule has 1 aliphatic carbocycles. The molecule has 2 fully saturated rings. The monoisotopic (exact) mass is 460 g/mol. The number of rotatable bonds is 6. The molecule has 1 saturated carbocycles. The fourth-order valence-electron chi connectivity index (χ4n) is 4.81. The zero-order valence-corrected chi connectivity index (χ0v) is 19.1. The molecule has 4 rings (SSSR count). The second kappa shape index (κ2) is 9.11. The van der Waals surface area contributed by atoms with Gasteiger partial charge in [0.2, 0.25) is 0 Å². The summed E-state index contributed by atoms with van der Waals surface area (Å²) in [6.45, 7) is 5.58. The van der Waals surface area contributed by atoms with Gasteiger partial charge in [-0.1, -0.05) is 49.4 Å². The van der Waals surface area contributed by atoms with Crippen molar-refractivity contribution in [2.24, 2.45) is 5.92 Å². The van der Waals surface area contributed by atoms with E-state index in [0.717, 1.165) is 45.8 Å². The van der Waals surface area contributed by atoms with E-state index in [9.17, 15) is 23.1 Å². The van der Waals surface area contributed by atoms with Crippen LogP contribution in [0.1, 0.15) is 54.6 Å². The molecule has 0 bridgehead atoms. The maximum absolute atomic E-state index is 13.4. The second-order valence-electron chi connectivity index (χ2n) is 9.64. The van der Waals surface area contributed by atoms with Crippen molar-refractivity contribution in [1.29, 1.82) is 0 Å². The summed E-state index contributed by atoms with van der Waals surface area (Å²) in [5, 5.41) is 9.90. The molecule has 1 saturated heterocycles. The van der Waals surface area contributed by atoms with Crippen LogP contribution in [0, 0.1) is 5.92 Å². The van der Waals surface area contributed by atoms with Crippen LogP contribution in [-0.4, -0.2) is 52.2 Å². The number of aliphatic hydroxyl groups is 1. The lowest BCUT2D eigenvalue weighted by Crippen LogP contribution is -2.52. The van der Waals surface area contributed by atoms with Gasteiger partial charge in [-0.2, -0.15) is 13.2 Å². The fourth-order valence-corrected chi connectivity index (χ4v) is 4.81. The van der Waals surface area contributed by atoms with Crippen molar-refractivity contribution in [2.45, 2.75) is 63.5 Å². The third kappa shape index (κ3) is 5.09. The molecule has 0 radical (unpaired) electrons. The van der Waals surface area contributed by atoms with Gasteiger partial charge in [-0.15, -0.1) is 0 Å². The lowest BCUT2D eigenvalue weighted by Gasteiger charge is -2.43. The van der Waals surface area contributed by atoms with Crippen LogP contribution in [-0.2, 0) is 12.1 Å². The molecule has 7 heteroatoms. The van der Waals surface area contributed by atoms with Crippen LogP contribution in [0.15, 0.2) is 54.6 Å². The van der Waals surface area contributed by atoms with Gasteiger partial charge in [0.25, 0.3) is 5.91 Å². The van der Waals surface area contributed by atoms with E-state index in [0.29, 0.717) is 5.56 Å². The number of carbonyl (C=O) groups excluding carboxylic acids is 1. The van der Waals surface area contributed by atoms with Crippen LogP contribution in [0.2, 0.25) is 0 Å². The Kier molecular flexibility index (Phi) is 6.56. The molecule has 0 spiro atoms. The molecule has 0 unspecified atom stereocenters. The van der Waals surface area contributed by atoms with E-state index < -0.39 is 11.8 Å². The first-order chi connectivity index (χ1) is 15.6. The summed E-state index contributed by atoms with van der Waals surface area (Å²) in [5.74, 6) is 0.154. The minimum absolute atomic E-state index is 0.106. The van der Waals surface area contributed by atoms with Crippen LogP contribution in [0.4, 0.5) is 13.2 Å². The molecule has 178 valence electrons. The van der Waals surface area contributed by atoms with Crippen LogP contribution in [0.5, 0.6) is 0 Å². The molecule has 0 aromatic heterocycles. The number of piperidine rings is 1. The molecule has 3 atom stereocenters. The predicted molar refractivity (Wildman–Crippen MR) is 121 cm³/mol. The standard InChI is InChI=1S/C26H31F3N2O2/c1-18-16-30(17-19-6-4-3-5-7-19)15-14-23(18)31(22-12-13-22)24(32)20-8-10-21(11-9-20)25(2,33)26(27,28)29/h3-11,18,22-23,33H,12-17H2,1-2H3/t18-,23-,25-/m0/s1. The summed E-state index contributed by atoms with van der Waals surface area (Å²) in [7, 11) is 0. The number of hydrogen-bond acceptors (Lipinski definition) is 3. The average molecular weight is 461 g/mol. The Labute approximate surface area is 193 Å². The van der Waals surface area contributed by atoms with Gasteiger partial charge in [0, 0.05) is 37.3 Å². The van der Waals surface area contributed by atoms with Gasteiger partial charge in [-0.25, -0.2) is 0 Å². The SMILES string of the molecule is C[C@H]1CN(Cc2ccccc2)CC[C@@H]1N(C(=O)c1ccc([C@](C)(O)C(F)(F)F)cc1)C1CC1. The van der Waals surface area contributed by atoms with E-state index in [4.69, 9.17) is 0 Å². The van der Waals surface area contributed by atoms with Gasteiger partial charge in [0.05, 0.1) is 0 Å². The highest BCUT2D eigenvalue weighted by molar-refractivity contribution is 5.95. The van der Waals surface area contributed by atoms with E-state index in [1.165, 1.54) is 29.8 Å². The summed E-state index contributed by atoms with van der Waals surface area (Å²) in [4.78, 5) is 17.8. The third-order valence-corrected chi connectivity index (χ3v) is 6.97. The van der Waals surface area contributed by atoms with Crippen molar-refractivity contribution < 1.29 is 23.1 Å². The first-order valence-electron chi connectivity index (χ1n) is 11.6. The molecule has 33 heavy (non-hydrogen) atoms. The molecule has 1 N–H and O–H groups in total. The van der Waals surface area contributed by atoms with E-state index in [1.807, 2.05) is 23.1 Å². The molecule has 2 aliphatic rings. The number of hydrogen-bond donors (Lipinski definition) is 1. The highest BCUT2D eigenvalue weighted by Gasteiger charge is 2.51. The van der Waals surface area contributed by atoms with Gasteiger partial charge in [0.15, 0.2) is 5.60 Å². The first-order valence-corrected chi connectivity index (χ1v) is 11.6. The topological polar surface area (TPSA) is 43.8 Å². The molecule has 4 nitrogen and oxygen atoms in total. The Morgan fingerprint density at radius 2 is 1.70 bits per heavy atom. The normalized spacial score (nSPS) is 23.7. The maximum Gasteiger partial charge on any atom is 0.421 e. The first kappa shape index (κ1) is 23.8. The molecule has 2 aromatic rings. The van der Waals surface area contributed by atoms with Crippen LogP contribution in [0.3, 0.4) is 0 Å². The molecular weight excluding hydrogens is 429 g/mol.